The van der Waals surface area contributed by atoms with Crippen LogP contribution >= 0.6 is 11.6 Å². The Bertz CT molecular complexity index is 477. The van der Waals surface area contributed by atoms with Crippen molar-refractivity contribution >= 4 is 21.6 Å². The van der Waals surface area contributed by atoms with Gasteiger partial charge in [-0.1, -0.05) is 18.0 Å². The standard InChI is InChI=1S/C9H14ClN3O2S/c1-12-7-11-9(8(12)10)16(14,15)13-5-3-2-4-6-13/h7H,2-6H2,1H3. The van der Waals surface area contributed by atoms with Crippen molar-refractivity contribution < 1.29 is 8.42 Å². The molecular formula is C9H14ClN3O2S. The van der Waals surface area contributed by atoms with Gasteiger partial charge in [0.05, 0.1) is 6.33 Å². The molecule has 7 heteroatoms. The maximum Gasteiger partial charge on any atom is 0.263 e. The predicted octanol–water partition coefficient (Wildman–Crippen LogP) is 1.25. The molecule has 1 aromatic rings. The topological polar surface area (TPSA) is 55.2 Å². The zero-order chi connectivity index (χ0) is 11.8. The lowest BCUT2D eigenvalue weighted by molar-refractivity contribution is 0.345. The third kappa shape index (κ3) is 1.97. The van der Waals surface area contributed by atoms with Crippen molar-refractivity contribution in [3.63, 3.8) is 0 Å². The van der Waals surface area contributed by atoms with Crippen molar-refractivity contribution in [1.82, 2.24) is 13.9 Å². The van der Waals surface area contributed by atoms with Crippen molar-refractivity contribution in [3.05, 3.63) is 11.5 Å². The third-order valence-electron chi connectivity index (χ3n) is 2.73. The van der Waals surface area contributed by atoms with Crippen molar-refractivity contribution in [2.45, 2.75) is 24.3 Å². The molecule has 1 fully saturated rings. The van der Waals surface area contributed by atoms with Crippen molar-refractivity contribution in [1.29, 1.82) is 0 Å². The van der Waals surface area contributed by atoms with Gasteiger partial charge in [-0.05, 0) is 12.8 Å². The lowest BCUT2D eigenvalue weighted by Gasteiger charge is -2.24. The summed E-state index contributed by atoms with van der Waals surface area (Å²) in [6, 6.07) is 0. The van der Waals surface area contributed by atoms with Gasteiger partial charge in [0.2, 0.25) is 5.03 Å². The van der Waals surface area contributed by atoms with E-state index in [1.807, 2.05) is 0 Å². The van der Waals surface area contributed by atoms with Gasteiger partial charge in [-0.15, -0.1) is 0 Å². The molecule has 0 radical (unpaired) electrons. The zero-order valence-electron chi connectivity index (χ0n) is 9.06. The zero-order valence-corrected chi connectivity index (χ0v) is 10.6. The quantitative estimate of drug-likeness (QED) is 0.807. The van der Waals surface area contributed by atoms with E-state index in [9.17, 15) is 8.42 Å². The predicted molar refractivity (Wildman–Crippen MR) is 60.8 cm³/mol. The van der Waals surface area contributed by atoms with Gasteiger partial charge in [-0.3, -0.25) is 0 Å². The van der Waals surface area contributed by atoms with E-state index >= 15 is 0 Å². The molecule has 0 N–H and O–H groups in total. The first-order chi connectivity index (χ1) is 7.53. The molecule has 90 valence electrons. The number of rotatable bonds is 2. The summed E-state index contributed by atoms with van der Waals surface area (Å²) in [6.45, 7) is 1.13. The Morgan fingerprint density at radius 1 is 1.31 bits per heavy atom. The van der Waals surface area contributed by atoms with Crippen LogP contribution in [-0.4, -0.2) is 35.4 Å². The highest BCUT2D eigenvalue weighted by Gasteiger charge is 2.30. The van der Waals surface area contributed by atoms with Gasteiger partial charge in [0, 0.05) is 20.1 Å². The van der Waals surface area contributed by atoms with Gasteiger partial charge in [0.25, 0.3) is 10.0 Å². The van der Waals surface area contributed by atoms with Crippen molar-refractivity contribution in [3.8, 4) is 0 Å². The number of halogens is 1. The SMILES string of the molecule is Cn1cnc(S(=O)(=O)N2CCCCC2)c1Cl. The lowest BCUT2D eigenvalue weighted by Crippen LogP contribution is -2.35. The van der Waals surface area contributed by atoms with Gasteiger partial charge in [-0.25, -0.2) is 13.4 Å². The van der Waals surface area contributed by atoms with Gasteiger partial charge >= 0.3 is 0 Å². The minimum atomic E-state index is -3.50. The van der Waals surface area contributed by atoms with Crippen molar-refractivity contribution in [2.24, 2.45) is 7.05 Å². The van der Waals surface area contributed by atoms with E-state index in [2.05, 4.69) is 4.98 Å². The highest BCUT2D eigenvalue weighted by atomic mass is 35.5. The third-order valence-corrected chi connectivity index (χ3v) is 5.12. The van der Waals surface area contributed by atoms with Gasteiger partial charge in [-0.2, -0.15) is 4.31 Å². The van der Waals surface area contributed by atoms with Crippen LogP contribution in [-0.2, 0) is 17.1 Å². The number of hydrogen-bond donors (Lipinski definition) is 0. The minimum absolute atomic E-state index is 0.0291. The number of hydrogen-bond acceptors (Lipinski definition) is 3. The van der Waals surface area contributed by atoms with Crippen LogP contribution in [0.5, 0.6) is 0 Å². The normalized spacial score (nSPS) is 18.9. The summed E-state index contributed by atoms with van der Waals surface area (Å²) < 4.78 is 27.3. The molecule has 5 nitrogen and oxygen atoms in total. The summed E-state index contributed by atoms with van der Waals surface area (Å²) in [5.41, 5.74) is 0. The Morgan fingerprint density at radius 3 is 2.44 bits per heavy atom. The second kappa shape index (κ2) is 4.35. The summed E-state index contributed by atoms with van der Waals surface area (Å²) in [7, 11) is -1.83. The Kier molecular flexibility index (Phi) is 3.23. The van der Waals surface area contributed by atoms with E-state index < -0.39 is 10.0 Å². The average molecular weight is 264 g/mol. The van der Waals surface area contributed by atoms with Crippen LogP contribution in [0.3, 0.4) is 0 Å². The molecule has 0 unspecified atom stereocenters. The maximum absolute atomic E-state index is 12.2. The van der Waals surface area contributed by atoms with Crippen LogP contribution in [0.4, 0.5) is 0 Å². The van der Waals surface area contributed by atoms with E-state index in [1.54, 1.807) is 7.05 Å². The summed E-state index contributed by atoms with van der Waals surface area (Å²) >= 11 is 5.91. The molecule has 0 aliphatic carbocycles. The molecule has 0 saturated carbocycles. The number of imidazole rings is 1. The first kappa shape index (κ1) is 11.9. The van der Waals surface area contributed by atoms with E-state index in [0.717, 1.165) is 19.3 Å². The average Bonchev–Trinajstić information content (AvgIpc) is 2.61. The number of aromatic nitrogens is 2. The fraction of sp³-hybridized carbons (Fsp3) is 0.667. The Labute approximate surface area is 100 Å². The molecule has 1 saturated heterocycles. The minimum Gasteiger partial charge on any atom is -0.324 e. The highest BCUT2D eigenvalue weighted by molar-refractivity contribution is 7.89. The van der Waals surface area contributed by atoms with Crippen LogP contribution in [0.15, 0.2) is 11.4 Å². The molecule has 0 amide bonds. The second-order valence-corrected chi connectivity index (χ2v) is 6.13. The van der Waals surface area contributed by atoms with E-state index in [-0.39, 0.29) is 10.2 Å². The Balaban J connectivity index is 2.34. The molecule has 0 spiro atoms. The molecule has 0 bridgehead atoms. The molecule has 2 heterocycles. The largest absolute Gasteiger partial charge is 0.324 e. The summed E-state index contributed by atoms with van der Waals surface area (Å²) in [5.74, 6) is 0. The fourth-order valence-corrected chi connectivity index (χ4v) is 3.70. The highest BCUT2D eigenvalue weighted by Crippen LogP contribution is 2.24. The molecule has 1 aromatic heterocycles. The molecule has 16 heavy (non-hydrogen) atoms. The Hall–Kier alpha value is -0.590. The Morgan fingerprint density at radius 2 is 1.94 bits per heavy atom. The van der Waals surface area contributed by atoms with Crippen LogP contribution in [0.1, 0.15) is 19.3 Å². The monoisotopic (exact) mass is 263 g/mol. The van der Waals surface area contributed by atoms with Gasteiger partial charge < -0.3 is 4.57 Å². The maximum atomic E-state index is 12.2. The van der Waals surface area contributed by atoms with Crippen LogP contribution in [0, 0.1) is 0 Å². The first-order valence-corrected chi connectivity index (χ1v) is 7.02. The van der Waals surface area contributed by atoms with Crippen molar-refractivity contribution in [2.75, 3.05) is 13.1 Å². The van der Waals surface area contributed by atoms with Crippen LogP contribution in [0.25, 0.3) is 0 Å². The summed E-state index contributed by atoms with van der Waals surface area (Å²) in [4.78, 5) is 3.86. The summed E-state index contributed by atoms with van der Waals surface area (Å²) in [6.07, 6.45) is 4.31. The first-order valence-electron chi connectivity index (χ1n) is 5.20. The number of sulfonamides is 1. The smallest absolute Gasteiger partial charge is 0.263 e. The molecule has 0 atom stereocenters. The molecule has 1 aliphatic rings. The van der Waals surface area contributed by atoms with E-state index in [1.165, 1.54) is 15.2 Å². The number of aryl methyl sites for hydroxylation is 1. The van der Waals surface area contributed by atoms with Gasteiger partial charge in [0.15, 0.2) is 0 Å². The van der Waals surface area contributed by atoms with E-state index in [0.29, 0.717) is 13.1 Å². The molecule has 2 rings (SSSR count). The second-order valence-electron chi connectivity index (χ2n) is 3.92. The molecular weight excluding hydrogens is 250 g/mol. The number of piperidine rings is 1. The fourth-order valence-electron chi connectivity index (χ4n) is 1.79. The van der Waals surface area contributed by atoms with Gasteiger partial charge in [0.1, 0.15) is 5.15 Å². The molecule has 0 aromatic carbocycles. The van der Waals surface area contributed by atoms with E-state index in [4.69, 9.17) is 11.6 Å². The summed E-state index contributed by atoms with van der Waals surface area (Å²) in [5, 5.41) is 0.143. The molecule has 1 aliphatic heterocycles. The van der Waals surface area contributed by atoms with Crippen LogP contribution in [0.2, 0.25) is 5.15 Å². The lowest BCUT2D eigenvalue weighted by atomic mass is 10.2. The van der Waals surface area contributed by atoms with Crippen LogP contribution < -0.4 is 0 Å². The number of nitrogens with zero attached hydrogens (tertiary/aromatic N) is 3.